The third kappa shape index (κ3) is 4.93. The molecule has 0 fully saturated rings. The Labute approximate surface area is 116 Å². The molecule has 0 aliphatic carbocycles. The number of sulfonamides is 1. The maximum Gasteiger partial charge on any atom is 0.240 e. The van der Waals surface area contributed by atoms with Crippen molar-refractivity contribution in [3.05, 3.63) is 29.8 Å². The Bertz CT molecular complexity index is 469. The Morgan fingerprint density at radius 2 is 1.63 bits per heavy atom. The van der Waals surface area contributed by atoms with Gasteiger partial charge in [-0.1, -0.05) is 26.0 Å². The Morgan fingerprint density at radius 3 is 2.16 bits per heavy atom. The molecule has 0 saturated carbocycles. The number of benzene rings is 1. The van der Waals surface area contributed by atoms with E-state index >= 15 is 0 Å². The first kappa shape index (κ1) is 16.1. The molecule has 0 saturated heterocycles. The molecular weight excluding hydrogens is 260 g/mol. The third-order valence-electron chi connectivity index (χ3n) is 2.93. The van der Waals surface area contributed by atoms with E-state index in [1.807, 2.05) is 19.1 Å². The van der Waals surface area contributed by atoms with Crippen LogP contribution in [0.2, 0.25) is 0 Å². The molecule has 1 aromatic carbocycles. The van der Waals surface area contributed by atoms with Gasteiger partial charge in [-0.05, 0) is 44.0 Å². The van der Waals surface area contributed by atoms with E-state index in [0.29, 0.717) is 11.4 Å². The van der Waals surface area contributed by atoms with Gasteiger partial charge in [0.05, 0.1) is 4.90 Å². The molecule has 0 radical (unpaired) electrons. The molecule has 108 valence electrons. The second-order valence-electron chi connectivity index (χ2n) is 4.64. The predicted molar refractivity (Wildman–Crippen MR) is 78.6 cm³/mol. The highest BCUT2D eigenvalue weighted by atomic mass is 32.2. The van der Waals surface area contributed by atoms with Crippen LogP contribution in [0.4, 0.5) is 0 Å². The maximum absolute atomic E-state index is 11.9. The van der Waals surface area contributed by atoms with Crippen molar-refractivity contribution in [3.8, 4) is 0 Å². The highest BCUT2D eigenvalue weighted by Crippen LogP contribution is 2.16. The molecule has 0 heterocycles. The van der Waals surface area contributed by atoms with Gasteiger partial charge in [-0.15, -0.1) is 0 Å². The van der Waals surface area contributed by atoms with E-state index in [1.165, 1.54) is 0 Å². The Balaban J connectivity index is 2.75. The quantitative estimate of drug-likeness (QED) is 0.771. The van der Waals surface area contributed by atoms with E-state index in [4.69, 9.17) is 0 Å². The van der Waals surface area contributed by atoms with Gasteiger partial charge in [0.1, 0.15) is 0 Å². The second kappa shape index (κ2) is 7.62. The third-order valence-corrected chi connectivity index (χ3v) is 4.41. The number of nitrogens with one attached hydrogen (secondary N) is 2. The molecular formula is C14H24N2O2S. The molecule has 0 aliphatic rings. The van der Waals surface area contributed by atoms with Crippen LogP contribution in [0.5, 0.6) is 0 Å². The minimum atomic E-state index is -3.35. The van der Waals surface area contributed by atoms with Gasteiger partial charge in [0, 0.05) is 12.6 Å². The van der Waals surface area contributed by atoms with Gasteiger partial charge in [0.2, 0.25) is 10.0 Å². The van der Waals surface area contributed by atoms with Crippen LogP contribution in [0.1, 0.15) is 45.2 Å². The molecule has 1 atom stereocenters. The van der Waals surface area contributed by atoms with Crippen LogP contribution in [-0.2, 0) is 10.0 Å². The second-order valence-corrected chi connectivity index (χ2v) is 6.41. The standard InChI is InChI=1S/C14H24N2O2S/c1-4-10-15-12(3)13-6-8-14(9-7-13)19(17,18)16-11-5-2/h6-9,12,15-16H,4-5,10-11H2,1-3H3. The zero-order valence-corrected chi connectivity index (χ0v) is 12.8. The van der Waals surface area contributed by atoms with E-state index < -0.39 is 10.0 Å². The van der Waals surface area contributed by atoms with Crippen molar-refractivity contribution in [2.75, 3.05) is 13.1 Å². The van der Waals surface area contributed by atoms with Crippen LogP contribution >= 0.6 is 0 Å². The lowest BCUT2D eigenvalue weighted by molar-refractivity contribution is 0.569. The molecule has 0 spiro atoms. The van der Waals surface area contributed by atoms with E-state index in [-0.39, 0.29) is 6.04 Å². The molecule has 0 aliphatic heterocycles. The molecule has 5 heteroatoms. The lowest BCUT2D eigenvalue weighted by atomic mass is 10.1. The summed E-state index contributed by atoms with van der Waals surface area (Å²) in [6.45, 7) is 7.56. The molecule has 0 aromatic heterocycles. The van der Waals surface area contributed by atoms with Crippen LogP contribution in [0.3, 0.4) is 0 Å². The maximum atomic E-state index is 11.9. The highest BCUT2D eigenvalue weighted by molar-refractivity contribution is 7.89. The molecule has 0 bridgehead atoms. The van der Waals surface area contributed by atoms with E-state index in [2.05, 4.69) is 23.9 Å². The SMILES string of the molecule is CCCNC(C)c1ccc(S(=O)(=O)NCCC)cc1. The lowest BCUT2D eigenvalue weighted by Gasteiger charge is -2.14. The molecule has 0 amide bonds. The van der Waals surface area contributed by atoms with Crippen molar-refractivity contribution in [2.45, 2.75) is 44.6 Å². The first-order chi connectivity index (χ1) is 9.01. The Morgan fingerprint density at radius 1 is 1.05 bits per heavy atom. The normalized spacial score (nSPS) is 13.4. The molecule has 1 rings (SSSR count). The fourth-order valence-electron chi connectivity index (χ4n) is 1.73. The molecule has 1 unspecified atom stereocenters. The van der Waals surface area contributed by atoms with E-state index in [0.717, 1.165) is 24.9 Å². The zero-order chi connectivity index (χ0) is 14.3. The fourth-order valence-corrected chi connectivity index (χ4v) is 2.87. The van der Waals surface area contributed by atoms with Gasteiger partial charge < -0.3 is 5.32 Å². The predicted octanol–water partition coefficient (Wildman–Crippen LogP) is 2.44. The van der Waals surface area contributed by atoms with Crippen LogP contribution in [0, 0.1) is 0 Å². The fraction of sp³-hybridized carbons (Fsp3) is 0.571. The summed E-state index contributed by atoms with van der Waals surface area (Å²) in [7, 11) is -3.35. The highest BCUT2D eigenvalue weighted by Gasteiger charge is 2.13. The summed E-state index contributed by atoms with van der Waals surface area (Å²) in [5.41, 5.74) is 1.10. The van der Waals surface area contributed by atoms with Crippen molar-refractivity contribution in [3.63, 3.8) is 0 Å². The lowest BCUT2D eigenvalue weighted by Crippen LogP contribution is -2.24. The van der Waals surface area contributed by atoms with Gasteiger partial charge in [0.25, 0.3) is 0 Å². The summed E-state index contributed by atoms with van der Waals surface area (Å²) < 4.78 is 26.4. The van der Waals surface area contributed by atoms with Gasteiger partial charge in [0.15, 0.2) is 0 Å². The first-order valence-electron chi connectivity index (χ1n) is 6.84. The summed E-state index contributed by atoms with van der Waals surface area (Å²) in [6.07, 6.45) is 1.87. The van der Waals surface area contributed by atoms with Gasteiger partial charge >= 0.3 is 0 Å². The molecule has 4 nitrogen and oxygen atoms in total. The first-order valence-corrected chi connectivity index (χ1v) is 8.32. The van der Waals surface area contributed by atoms with Crippen molar-refractivity contribution in [1.29, 1.82) is 0 Å². The van der Waals surface area contributed by atoms with Crippen molar-refractivity contribution in [1.82, 2.24) is 10.0 Å². The van der Waals surface area contributed by atoms with E-state index in [9.17, 15) is 8.42 Å². The largest absolute Gasteiger partial charge is 0.310 e. The van der Waals surface area contributed by atoms with Crippen LogP contribution in [-0.4, -0.2) is 21.5 Å². The molecule has 2 N–H and O–H groups in total. The zero-order valence-electron chi connectivity index (χ0n) is 11.9. The summed E-state index contributed by atoms with van der Waals surface area (Å²) in [4.78, 5) is 0.326. The topological polar surface area (TPSA) is 58.2 Å². The van der Waals surface area contributed by atoms with Gasteiger partial charge in [-0.3, -0.25) is 0 Å². The van der Waals surface area contributed by atoms with E-state index in [1.54, 1.807) is 12.1 Å². The van der Waals surface area contributed by atoms with Gasteiger partial charge in [-0.2, -0.15) is 0 Å². The summed E-state index contributed by atoms with van der Waals surface area (Å²) in [5.74, 6) is 0. The average Bonchev–Trinajstić information content (AvgIpc) is 2.42. The number of hydrogen-bond acceptors (Lipinski definition) is 3. The number of hydrogen-bond donors (Lipinski definition) is 2. The Kier molecular flexibility index (Phi) is 6.48. The van der Waals surface area contributed by atoms with Crippen molar-refractivity contribution >= 4 is 10.0 Å². The van der Waals surface area contributed by atoms with Crippen molar-refractivity contribution in [2.24, 2.45) is 0 Å². The monoisotopic (exact) mass is 284 g/mol. The van der Waals surface area contributed by atoms with Crippen molar-refractivity contribution < 1.29 is 8.42 Å². The number of rotatable bonds is 8. The average molecular weight is 284 g/mol. The molecule has 19 heavy (non-hydrogen) atoms. The van der Waals surface area contributed by atoms with Crippen LogP contribution < -0.4 is 10.0 Å². The van der Waals surface area contributed by atoms with Crippen LogP contribution in [0.25, 0.3) is 0 Å². The minimum Gasteiger partial charge on any atom is -0.310 e. The van der Waals surface area contributed by atoms with Gasteiger partial charge in [-0.25, -0.2) is 13.1 Å². The summed E-state index contributed by atoms with van der Waals surface area (Å²) in [6, 6.07) is 7.30. The minimum absolute atomic E-state index is 0.236. The Hall–Kier alpha value is -0.910. The summed E-state index contributed by atoms with van der Waals surface area (Å²) >= 11 is 0. The summed E-state index contributed by atoms with van der Waals surface area (Å²) in [5, 5.41) is 3.38. The molecule has 1 aromatic rings. The van der Waals surface area contributed by atoms with Crippen LogP contribution in [0.15, 0.2) is 29.2 Å². The smallest absolute Gasteiger partial charge is 0.240 e.